The van der Waals surface area contributed by atoms with Gasteiger partial charge >= 0.3 is 0 Å². The average molecular weight is 467 g/mol. The topological polar surface area (TPSA) is 66.5 Å². The Balaban J connectivity index is 1.52. The molecular weight excluding hydrogens is 441 g/mol. The lowest BCUT2D eigenvalue weighted by atomic mass is 9.94. The minimum Gasteiger partial charge on any atom is -0.342 e. The predicted molar refractivity (Wildman–Crippen MR) is 115 cm³/mol. The number of amides is 1. The standard InChI is InChI=1S/C23H25F3N2O3S/c1-32(30,31)27-14-5-4-11-28(12-10-14)23(29)17-13-16(17)15-6-2-7-18(24)21(15)22-19(25)8-3-9-20(22)26/h2-3,6-9,14,16-17,27H,4-5,10-13H2,1H3/t14-,16?,17?/m0/s1. The normalized spacial score (nSPS) is 23.6. The van der Waals surface area contributed by atoms with E-state index in [4.69, 9.17) is 0 Å². The Morgan fingerprint density at radius 2 is 1.59 bits per heavy atom. The van der Waals surface area contributed by atoms with Crippen molar-refractivity contribution >= 4 is 15.9 Å². The molecule has 1 saturated carbocycles. The Bertz CT molecular complexity index is 1120. The van der Waals surface area contributed by atoms with Gasteiger partial charge in [0.1, 0.15) is 17.5 Å². The number of nitrogens with one attached hydrogen (secondary N) is 1. The second-order valence-corrected chi connectivity index (χ2v) is 10.4. The zero-order valence-corrected chi connectivity index (χ0v) is 18.5. The van der Waals surface area contributed by atoms with Crippen molar-refractivity contribution in [3.8, 4) is 11.1 Å². The fourth-order valence-electron chi connectivity index (χ4n) is 4.63. The van der Waals surface area contributed by atoms with Crippen molar-refractivity contribution in [1.29, 1.82) is 0 Å². The first-order valence-electron chi connectivity index (χ1n) is 10.6. The Kier molecular flexibility index (Phi) is 6.31. The molecule has 1 aliphatic heterocycles. The zero-order chi connectivity index (χ0) is 23.0. The molecule has 1 heterocycles. The van der Waals surface area contributed by atoms with Crippen LogP contribution in [-0.4, -0.2) is 44.6 Å². The summed E-state index contributed by atoms with van der Waals surface area (Å²) in [6, 6.07) is 7.45. The highest BCUT2D eigenvalue weighted by Gasteiger charge is 2.47. The fourth-order valence-corrected chi connectivity index (χ4v) is 5.47. The van der Waals surface area contributed by atoms with Crippen LogP contribution in [0.4, 0.5) is 13.2 Å². The van der Waals surface area contributed by atoms with E-state index in [1.54, 1.807) is 11.0 Å². The molecule has 9 heteroatoms. The van der Waals surface area contributed by atoms with Crippen LogP contribution in [-0.2, 0) is 14.8 Å². The van der Waals surface area contributed by atoms with Crippen molar-refractivity contribution in [2.45, 2.75) is 37.6 Å². The summed E-state index contributed by atoms with van der Waals surface area (Å²) in [5, 5.41) is 0. The zero-order valence-electron chi connectivity index (χ0n) is 17.7. The smallest absolute Gasteiger partial charge is 0.226 e. The number of benzene rings is 2. The van der Waals surface area contributed by atoms with Gasteiger partial charge in [0.05, 0.1) is 11.8 Å². The summed E-state index contributed by atoms with van der Waals surface area (Å²) in [6.45, 7) is 0.940. The van der Waals surface area contributed by atoms with Crippen molar-refractivity contribution < 1.29 is 26.4 Å². The van der Waals surface area contributed by atoms with Crippen LogP contribution in [0.1, 0.15) is 37.2 Å². The number of sulfonamides is 1. The molecule has 1 saturated heterocycles. The van der Waals surface area contributed by atoms with Gasteiger partial charge in [0.15, 0.2) is 0 Å². The molecule has 32 heavy (non-hydrogen) atoms. The summed E-state index contributed by atoms with van der Waals surface area (Å²) < 4.78 is 69.1. The number of hydrogen-bond donors (Lipinski definition) is 1. The van der Waals surface area contributed by atoms with Crippen LogP contribution in [0.15, 0.2) is 36.4 Å². The molecular formula is C23H25F3N2O3S. The first kappa shape index (κ1) is 22.8. The van der Waals surface area contributed by atoms with E-state index < -0.39 is 33.0 Å². The number of halogens is 3. The summed E-state index contributed by atoms with van der Waals surface area (Å²) in [5.74, 6) is -3.22. The van der Waals surface area contributed by atoms with E-state index in [0.717, 1.165) is 24.5 Å². The molecule has 2 aromatic carbocycles. The lowest BCUT2D eigenvalue weighted by Gasteiger charge is -2.21. The van der Waals surface area contributed by atoms with Gasteiger partial charge in [-0.25, -0.2) is 26.3 Å². The lowest BCUT2D eigenvalue weighted by Crippen LogP contribution is -2.36. The fraction of sp³-hybridized carbons (Fsp3) is 0.435. The number of nitrogens with zero attached hydrogens (tertiary/aromatic N) is 1. The number of carbonyl (C=O) groups excluding carboxylic acids is 1. The molecule has 2 fully saturated rings. The van der Waals surface area contributed by atoms with E-state index in [0.29, 0.717) is 44.3 Å². The monoisotopic (exact) mass is 466 g/mol. The van der Waals surface area contributed by atoms with Crippen LogP contribution < -0.4 is 4.72 Å². The van der Waals surface area contributed by atoms with Crippen molar-refractivity contribution in [2.24, 2.45) is 5.92 Å². The Morgan fingerprint density at radius 1 is 0.969 bits per heavy atom. The van der Waals surface area contributed by atoms with E-state index in [1.165, 1.54) is 12.1 Å². The third kappa shape index (κ3) is 4.83. The largest absolute Gasteiger partial charge is 0.342 e. The molecule has 0 spiro atoms. The second kappa shape index (κ2) is 8.86. The number of rotatable bonds is 5. The van der Waals surface area contributed by atoms with Gasteiger partial charge in [-0.15, -0.1) is 0 Å². The van der Waals surface area contributed by atoms with Crippen molar-refractivity contribution in [2.75, 3.05) is 19.3 Å². The summed E-state index contributed by atoms with van der Waals surface area (Å²) >= 11 is 0. The van der Waals surface area contributed by atoms with Crippen LogP contribution in [0.2, 0.25) is 0 Å². The maximum Gasteiger partial charge on any atom is 0.226 e. The molecule has 2 unspecified atom stereocenters. The highest BCUT2D eigenvalue weighted by atomic mass is 32.2. The van der Waals surface area contributed by atoms with Crippen LogP contribution >= 0.6 is 0 Å². The van der Waals surface area contributed by atoms with Crippen molar-refractivity contribution in [3.05, 3.63) is 59.4 Å². The highest BCUT2D eigenvalue weighted by Crippen LogP contribution is 2.52. The molecule has 4 rings (SSSR count). The van der Waals surface area contributed by atoms with Crippen molar-refractivity contribution in [1.82, 2.24) is 9.62 Å². The Hall–Kier alpha value is -2.39. The van der Waals surface area contributed by atoms with E-state index >= 15 is 0 Å². The summed E-state index contributed by atoms with van der Waals surface area (Å²) in [5.41, 5.74) is -0.112. The quantitative estimate of drug-likeness (QED) is 0.729. The van der Waals surface area contributed by atoms with Crippen molar-refractivity contribution in [3.63, 3.8) is 0 Å². The Labute approximate surface area is 185 Å². The van der Waals surface area contributed by atoms with E-state index in [2.05, 4.69) is 4.72 Å². The molecule has 0 radical (unpaired) electrons. The SMILES string of the molecule is CS(=O)(=O)N[C@H]1CCCN(C(=O)C2CC2c2cccc(F)c2-c2c(F)cccc2F)CC1. The van der Waals surface area contributed by atoms with Gasteiger partial charge in [-0.1, -0.05) is 18.2 Å². The molecule has 5 nitrogen and oxygen atoms in total. The van der Waals surface area contributed by atoms with Gasteiger partial charge in [-0.3, -0.25) is 4.79 Å². The first-order chi connectivity index (χ1) is 15.2. The van der Waals surface area contributed by atoms with Gasteiger partial charge in [0.25, 0.3) is 0 Å². The highest BCUT2D eigenvalue weighted by molar-refractivity contribution is 7.88. The van der Waals surface area contributed by atoms with Gasteiger partial charge < -0.3 is 4.90 Å². The first-order valence-corrected chi connectivity index (χ1v) is 12.5. The molecule has 2 aromatic rings. The van der Waals surface area contributed by atoms with E-state index in [1.807, 2.05) is 0 Å². The molecule has 1 N–H and O–H groups in total. The number of likely N-dealkylation sites (tertiary alicyclic amines) is 1. The molecule has 1 aliphatic carbocycles. The van der Waals surface area contributed by atoms with Gasteiger partial charge in [0.2, 0.25) is 15.9 Å². The van der Waals surface area contributed by atoms with E-state index in [9.17, 15) is 26.4 Å². The van der Waals surface area contributed by atoms with Crippen LogP contribution in [0.5, 0.6) is 0 Å². The molecule has 3 atom stereocenters. The maximum atomic E-state index is 14.7. The van der Waals surface area contributed by atoms with Crippen LogP contribution in [0.3, 0.4) is 0 Å². The molecule has 0 bridgehead atoms. The Morgan fingerprint density at radius 3 is 2.25 bits per heavy atom. The third-order valence-corrected chi connectivity index (χ3v) is 6.95. The lowest BCUT2D eigenvalue weighted by molar-refractivity contribution is -0.132. The summed E-state index contributed by atoms with van der Waals surface area (Å²) in [6.07, 6.45) is 3.42. The predicted octanol–water partition coefficient (Wildman–Crippen LogP) is 3.80. The summed E-state index contributed by atoms with van der Waals surface area (Å²) in [4.78, 5) is 14.8. The molecule has 172 valence electrons. The van der Waals surface area contributed by atoms with Crippen LogP contribution in [0.25, 0.3) is 11.1 Å². The number of carbonyl (C=O) groups is 1. The second-order valence-electron chi connectivity index (χ2n) is 8.59. The average Bonchev–Trinajstić information content (AvgIpc) is 3.52. The minimum atomic E-state index is -3.32. The minimum absolute atomic E-state index is 0.0841. The van der Waals surface area contributed by atoms with E-state index in [-0.39, 0.29) is 29.3 Å². The van der Waals surface area contributed by atoms with Gasteiger partial charge in [-0.05, 0) is 55.4 Å². The van der Waals surface area contributed by atoms with Gasteiger partial charge in [-0.2, -0.15) is 0 Å². The van der Waals surface area contributed by atoms with Gasteiger partial charge in [0, 0.05) is 30.6 Å². The molecule has 0 aromatic heterocycles. The maximum absolute atomic E-state index is 14.7. The molecule has 2 aliphatic rings. The van der Waals surface area contributed by atoms with Crippen LogP contribution in [0, 0.1) is 23.4 Å². The third-order valence-electron chi connectivity index (χ3n) is 6.19. The molecule has 1 amide bonds. The summed E-state index contributed by atoms with van der Waals surface area (Å²) in [7, 11) is -3.32. The number of hydrogen-bond acceptors (Lipinski definition) is 3.